The third kappa shape index (κ3) is 7.11. The van der Waals surface area contributed by atoms with Crippen molar-refractivity contribution in [2.45, 2.75) is 39.2 Å². The number of likely N-dealkylation sites (tertiary alicyclic amines) is 1. The zero-order chi connectivity index (χ0) is 25.2. The molecule has 2 amide bonds. The van der Waals surface area contributed by atoms with Crippen molar-refractivity contribution >= 4 is 23.5 Å². The molecule has 1 fully saturated rings. The molecule has 0 unspecified atom stereocenters. The smallest absolute Gasteiger partial charge is 0.339 e. The van der Waals surface area contributed by atoms with Crippen LogP contribution in [0.2, 0.25) is 0 Å². The zero-order valence-electron chi connectivity index (χ0n) is 20.4. The lowest BCUT2D eigenvalue weighted by atomic mass is 10.1. The van der Waals surface area contributed by atoms with Crippen LogP contribution in [0.15, 0.2) is 42.5 Å². The third-order valence-electron chi connectivity index (χ3n) is 5.56. The fourth-order valence-electron chi connectivity index (χ4n) is 3.66. The van der Waals surface area contributed by atoms with Gasteiger partial charge in [-0.1, -0.05) is 12.1 Å². The summed E-state index contributed by atoms with van der Waals surface area (Å²) >= 11 is 0. The van der Waals surface area contributed by atoms with Gasteiger partial charge in [-0.25, -0.2) is 4.79 Å². The number of nitrogens with one attached hydrogen (secondary N) is 1. The second-order valence-corrected chi connectivity index (χ2v) is 8.06. The summed E-state index contributed by atoms with van der Waals surface area (Å²) in [7, 11) is 1.50. The number of ether oxygens (including phenoxy) is 4. The Kier molecular flexibility index (Phi) is 9.34. The molecule has 1 saturated heterocycles. The van der Waals surface area contributed by atoms with Crippen molar-refractivity contribution in [3.8, 4) is 17.2 Å². The largest absolute Gasteiger partial charge is 0.495 e. The molecule has 188 valence electrons. The summed E-state index contributed by atoms with van der Waals surface area (Å²) in [4.78, 5) is 39.4. The number of esters is 1. The number of rotatable bonds is 10. The van der Waals surface area contributed by atoms with Gasteiger partial charge in [0.25, 0.3) is 11.8 Å². The van der Waals surface area contributed by atoms with Gasteiger partial charge in [0.05, 0.1) is 25.0 Å². The number of para-hydroxylation sites is 2. The molecule has 9 nitrogen and oxygen atoms in total. The Hall–Kier alpha value is -3.75. The first-order valence-corrected chi connectivity index (χ1v) is 11.7. The molecule has 1 N–H and O–H groups in total. The van der Waals surface area contributed by atoms with Crippen molar-refractivity contribution in [1.82, 2.24) is 4.90 Å². The summed E-state index contributed by atoms with van der Waals surface area (Å²) in [6.45, 7) is 5.01. The maximum atomic E-state index is 12.7. The summed E-state index contributed by atoms with van der Waals surface area (Å²) in [6.07, 6.45) is 2.09. The summed E-state index contributed by atoms with van der Waals surface area (Å²) in [5, 5.41) is 2.69. The van der Waals surface area contributed by atoms with E-state index in [1.807, 2.05) is 0 Å². The predicted octanol–water partition coefficient (Wildman–Crippen LogP) is 3.67. The normalized spacial score (nSPS) is 14.0. The van der Waals surface area contributed by atoms with Gasteiger partial charge in [-0.15, -0.1) is 0 Å². The maximum Gasteiger partial charge on any atom is 0.339 e. The quantitative estimate of drug-likeness (QED) is 0.513. The van der Waals surface area contributed by atoms with Crippen LogP contribution < -0.4 is 19.5 Å². The number of carbonyl (C=O) groups excluding carboxylic acids is 3. The van der Waals surface area contributed by atoms with Crippen LogP contribution in [0.1, 0.15) is 43.5 Å². The molecule has 35 heavy (non-hydrogen) atoms. The van der Waals surface area contributed by atoms with E-state index in [1.165, 1.54) is 26.2 Å². The molecule has 3 rings (SSSR count). The highest BCUT2D eigenvalue weighted by Crippen LogP contribution is 2.29. The number of hydrogen-bond donors (Lipinski definition) is 1. The number of methoxy groups -OCH3 is 1. The van der Waals surface area contributed by atoms with Crippen molar-refractivity contribution in [2.24, 2.45) is 0 Å². The van der Waals surface area contributed by atoms with E-state index in [4.69, 9.17) is 18.9 Å². The van der Waals surface area contributed by atoms with Crippen molar-refractivity contribution < 1.29 is 33.3 Å². The van der Waals surface area contributed by atoms with Crippen LogP contribution in [0.25, 0.3) is 0 Å². The number of benzene rings is 2. The summed E-state index contributed by atoms with van der Waals surface area (Å²) < 4.78 is 21.9. The first-order valence-electron chi connectivity index (χ1n) is 11.7. The summed E-state index contributed by atoms with van der Waals surface area (Å²) in [5.74, 6) is -0.0931. The molecular weight excluding hydrogens is 452 g/mol. The van der Waals surface area contributed by atoms with E-state index in [1.54, 1.807) is 42.2 Å². The number of anilines is 1. The Balaban J connectivity index is 1.61. The lowest BCUT2D eigenvalue weighted by Gasteiger charge is -2.26. The van der Waals surface area contributed by atoms with Gasteiger partial charge in [-0.3, -0.25) is 9.59 Å². The van der Waals surface area contributed by atoms with E-state index in [9.17, 15) is 14.4 Å². The van der Waals surface area contributed by atoms with Crippen molar-refractivity contribution in [3.05, 3.63) is 48.0 Å². The van der Waals surface area contributed by atoms with Gasteiger partial charge in [0.15, 0.2) is 24.2 Å². The molecule has 0 bridgehead atoms. The van der Waals surface area contributed by atoms with Gasteiger partial charge in [0, 0.05) is 13.1 Å². The van der Waals surface area contributed by atoms with Crippen LogP contribution in [0.5, 0.6) is 17.2 Å². The van der Waals surface area contributed by atoms with E-state index < -0.39 is 18.0 Å². The molecule has 9 heteroatoms. The van der Waals surface area contributed by atoms with Crippen LogP contribution in [0.3, 0.4) is 0 Å². The minimum absolute atomic E-state index is 0.0782. The highest BCUT2D eigenvalue weighted by atomic mass is 16.5. The molecule has 0 aliphatic carbocycles. The molecule has 2 aromatic carbocycles. The summed E-state index contributed by atoms with van der Waals surface area (Å²) in [5.41, 5.74) is 0.669. The Morgan fingerprint density at radius 1 is 0.971 bits per heavy atom. The van der Waals surface area contributed by atoms with Gasteiger partial charge in [-0.2, -0.15) is 0 Å². The van der Waals surface area contributed by atoms with Crippen molar-refractivity contribution in [2.75, 3.05) is 38.7 Å². The van der Waals surface area contributed by atoms with Gasteiger partial charge >= 0.3 is 5.97 Å². The standard InChI is InChI=1S/C26H32N2O7/c1-4-33-23-16-19(12-13-22(23)34-17-24(29)28-14-8-5-9-15-28)26(31)35-18(2)25(30)27-20-10-6-7-11-21(20)32-3/h6-7,10-13,16,18H,4-5,8-9,14-15,17H2,1-3H3,(H,27,30)/t18-/m0/s1. The second kappa shape index (κ2) is 12.6. The first kappa shape index (κ1) is 25.9. The predicted molar refractivity (Wildman–Crippen MR) is 130 cm³/mol. The van der Waals surface area contributed by atoms with Gasteiger partial charge in [0.1, 0.15) is 5.75 Å². The number of nitrogens with zero attached hydrogens (tertiary/aromatic N) is 1. The highest BCUT2D eigenvalue weighted by molar-refractivity contribution is 5.98. The maximum absolute atomic E-state index is 12.7. The van der Waals surface area contributed by atoms with E-state index >= 15 is 0 Å². The van der Waals surface area contributed by atoms with Gasteiger partial charge < -0.3 is 29.2 Å². The zero-order valence-corrected chi connectivity index (χ0v) is 20.4. The highest BCUT2D eigenvalue weighted by Gasteiger charge is 2.22. The molecule has 0 saturated carbocycles. The molecule has 1 aliphatic heterocycles. The van der Waals surface area contributed by atoms with E-state index in [-0.39, 0.29) is 18.1 Å². The van der Waals surface area contributed by atoms with E-state index in [2.05, 4.69) is 5.32 Å². The minimum atomic E-state index is -1.05. The molecule has 0 spiro atoms. The third-order valence-corrected chi connectivity index (χ3v) is 5.56. The number of carbonyl (C=O) groups is 3. The Bertz CT molecular complexity index is 1030. The second-order valence-electron chi connectivity index (χ2n) is 8.06. The minimum Gasteiger partial charge on any atom is -0.495 e. The van der Waals surface area contributed by atoms with E-state index in [0.29, 0.717) is 29.5 Å². The summed E-state index contributed by atoms with van der Waals surface area (Å²) in [6, 6.07) is 11.5. The number of piperidine rings is 1. The number of hydrogen-bond acceptors (Lipinski definition) is 7. The Morgan fingerprint density at radius 3 is 2.43 bits per heavy atom. The average Bonchev–Trinajstić information content (AvgIpc) is 2.88. The number of amides is 2. The fraction of sp³-hybridized carbons (Fsp3) is 0.423. The lowest BCUT2D eigenvalue weighted by Crippen LogP contribution is -2.38. The molecule has 1 heterocycles. The lowest BCUT2D eigenvalue weighted by molar-refractivity contribution is -0.134. The van der Waals surface area contributed by atoms with Gasteiger partial charge in [0.2, 0.25) is 0 Å². The molecule has 1 aliphatic rings. The molecular formula is C26H32N2O7. The van der Waals surface area contributed by atoms with Crippen LogP contribution in [-0.2, 0) is 14.3 Å². The van der Waals surface area contributed by atoms with Crippen LogP contribution >= 0.6 is 0 Å². The van der Waals surface area contributed by atoms with Crippen LogP contribution in [0, 0.1) is 0 Å². The Labute approximate surface area is 205 Å². The van der Waals surface area contributed by atoms with Crippen molar-refractivity contribution in [3.63, 3.8) is 0 Å². The monoisotopic (exact) mass is 484 g/mol. The SMILES string of the molecule is CCOc1cc(C(=O)O[C@@H](C)C(=O)Nc2ccccc2OC)ccc1OCC(=O)N1CCCCC1. The first-order chi connectivity index (χ1) is 16.9. The topological polar surface area (TPSA) is 103 Å². The van der Waals surface area contributed by atoms with Crippen molar-refractivity contribution in [1.29, 1.82) is 0 Å². The van der Waals surface area contributed by atoms with E-state index in [0.717, 1.165) is 32.4 Å². The molecule has 0 aromatic heterocycles. The average molecular weight is 485 g/mol. The van der Waals surface area contributed by atoms with Crippen LogP contribution in [0.4, 0.5) is 5.69 Å². The molecule has 0 radical (unpaired) electrons. The van der Waals surface area contributed by atoms with Crippen LogP contribution in [-0.4, -0.2) is 62.2 Å². The fourth-order valence-corrected chi connectivity index (χ4v) is 3.66. The molecule has 2 aromatic rings. The van der Waals surface area contributed by atoms with Gasteiger partial charge in [-0.05, 0) is 63.4 Å². The molecule has 1 atom stereocenters. The Morgan fingerprint density at radius 2 is 1.71 bits per heavy atom.